The minimum absolute atomic E-state index is 0.318. The lowest BCUT2D eigenvalue weighted by molar-refractivity contribution is -0.118. The molecule has 0 aromatic carbocycles. The fourth-order valence-corrected chi connectivity index (χ4v) is 1.20. The number of anilines is 1. The molecule has 1 aromatic rings. The van der Waals surface area contributed by atoms with Gasteiger partial charge in [0.25, 0.3) is 0 Å². The van der Waals surface area contributed by atoms with Gasteiger partial charge in [-0.2, -0.15) is 5.26 Å². The van der Waals surface area contributed by atoms with Gasteiger partial charge in [0, 0.05) is 0 Å². The topological polar surface area (TPSA) is 78.7 Å². The van der Waals surface area contributed by atoms with E-state index in [1.807, 2.05) is 6.07 Å². The lowest BCUT2D eigenvalue weighted by Gasteiger charge is -2.03. The number of amides is 1. The number of nitrogens with one attached hydrogen (secondary N) is 1. The molecule has 0 bridgehead atoms. The summed E-state index contributed by atoms with van der Waals surface area (Å²) >= 11 is 1.23. The van der Waals surface area contributed by atoms with Crippen molar-refractivity contribution in [1.82, 2.24) is 10.2 Å². The Balaban J connectivity index is 2.56. The molecule has 1 N–H and O–H groups in total. The van der Waals surface area contributed by atoms with Crippen LogP contribution in [0.1, 0.15) is 13.3 Å². The van der Waals surface area contributed by atoms with Crippen molar-refractivity contribution < 1.29 is 4.79 Å². The monoisotopic (exact) mass is 196 g/mol. The van der Waals surface area contributed by atoms with Crippen LogP contribution in [0.5, 0.6) is 0 Å². The second-order valence-corrected chi connectivity index (χ2v) is 3.16. The maximum Gasteiger partial charge on any atom is 0.243 e. The lowest BCUT2D eigenvalue weighted by atomic mass is 10.1. The molecule has 0 spiro atoms. The Hall–Kier alpha value is -1.48. The summed E-state index contributed by atoms with van der Waals surface area (Å²) in [6, 6.07) is 1.91. The van der Waals surface area contributed by atoms with E-state index in [4.69, 9.17) is 5.26 Å². The van der Waals surface area contributed by atoms with Crippen LogP contribution in [-0.2, 0) is 4.79 Å². The molecule has 1 heterocycles. The molecule has 0 saturated heterocycles. The zero-order chi connectivity index (χ0) is 9.68. The normalized spacial score (nSPS) is 11.7. The molecule has 0 aliphatic heterocycles. The highest BCUT2D eigenvalue weighted by molar-refractivity contribution is 7.13. The minimum atomic E-state index is -0.608. The molecule has 1 amide bonds. The first kappa shape index (κ1) is 9.61. The largest absolute Gasteiger partial charge is 0.299 e. The summed E-state index contributed by atoms with van der Waals surface area (Å²) in [4.78, 5) is 11.3. The van der Waals surface area contributed by atoms with E-state index in [0.717, 1.165) is 0 Å². The van der Waals surface area contributed by atoms with Crippen LogP contribution in [0.4, 0.5) is 5.13 Å². The van der Waals surface area contributed by atoms with Crippen molar-refractivity contribution >= 4 is 22.4 Å². The quantitative estimate of drug-likeness (QED) is 0.783. The third-order valence-corrected chi connectivity index (χ3v) is 2.08. The number of hydrogen-bond acceptors (Lipinski definition) is 5. The SMILES string of the molecule is CCC(C#N)C(=O)Nc1nncs1. The molecule has 5 nitrogen and oxygen atoms in total. The van der Waals surface area contributed by atoms with E-state index in [2.05, 4.69) is 15.5 Å². The molecular weight excluding hydrogens is 188 g/mol. The Morgan fingerprint density at radius 3 is 3.15 bits per heavy atom. The van der Waals surface area contributed by atoms with E-state index in [0.29, 0.717) is 11.6 Å². The first-order valence-corrected chi connectivity index (χ1v) is 4.62. The molecule has 1 atom stereocenters. The van der Waals surface area contributed by atoms with Gasteiger partial charge in [0.1, 0.15) is 11.4 Å². The molecule has 0 saturated carbocycles. The smallest absolute Gasteiger partial charge is 0.243 e. The lowest BCUT2D eigenvalue weighted by Crippen LogP contribution is -2.20. The Labute approximate surface area is 79.4 Å². The second-order valence-electron chi connectivity index (χ2n) is 2.32. The second kappa shape index (κ2) is 4.52. The van der Waals surface area contributed by atoms with E-state index in [9.17, 15) is 4.79 Å². The van der Waals surface area contributed by atoms with E-state index >= 15 is 0 Å². The van der Waals surface area contributed by atoms with E-state index in [1.54, 1.807) is 6.92 Å². The van der Waals surface area contributed by atoms with Crippen LogP contribution >= 0.6 is 11.3 Å². The fraction of sp³-hybridized carbons (Fsp3) is 0.429. The highest BCUT2D eigenvalue weighted by Gasteiger charge is 2.16. The summed E-state index contributed by atoms with van der Waals surface area (Å²) < 4.78 is 0. The van der Waals surface area contributed by atoms with Crippen molar-refractivity contribution in [3.8, 4) is 6.07 Å². The van der Waals surface area contributed by atoms with E-state index in [1.165, 1.54) is 16.8 Å². The van der Waals surface area contributed by atoms with Crippen LogP contribution in [0.25, 0.3) is 0 Å². The number of carbonyl (C=O) groups is 1. The first-order valence-electron chi connectivity index (χ1n) is 3.74. The predicted molar refractivity (Wildman–Crippen MR) is 47.9 cm³/mol. The summed E-state index contributed by atoms with van der Waals surface area (Å²) in [6.45, 7) is 1.79. The summed E-state index contributed by atoms with van der Waals surface area (Å²) in [5.41, 5.74) is 1.52. The number of aromatic nitrogens is 2. The Morgan fingerprint density at radius 1 is 1.92 bits per heavy atom. The van der Waals surface area contributed by atoms with Gasteiger partial charge >= 0.3 is 0 Å². The van der Waals surface area contributed by atoms with Crippen LogP contribution < -0.4 is 5.32 Å². The molecule has 68 valence electrons. The summed E-state index contributed by atoms with van der Waals surface area (Å²) in [5, 5.41) is 18.7. The summed E-state index contributed by atoms with van der Waals surface area (Å²) in [7, 11) is 0. The van der Waals surface area contributed by atoms with E-state index < -0.39 is 5.92 Å². The van der Waals surface area contributed by atoms with Crippen molar-refractivity contribution in [2.45, 2.75) is 13.3 Å². The highest BCUT2D eigenvalue weighted by Crippen LogP contribution is 2.10. The third kappa shape index (κ3) is 2.49. The zero-order valence-corrected chi connectivity index (χ0v) is 7.84. The first-order chi connectivity index (χ1) is 6.27. The van der Waals surface area contributed by atoms with Crippen molar-refractivity contribution in [3.05, 3.63) is 5.51 Å². The Morgan fingerprint density at radius 2 is 2.69 bits per heavy atom. The zero-order valence-electron chi connectivity index (χ0n) is 7.02. The molecule has 0 aliphatic carbocycles. The van der Waals surface area contributed by atoms with Crippen LogP contribution in [0.3, 0.4) is 0 Å². The highest BCUT2D eigenvalue weighted by atomic mass is 32.1. The van der Waals surface area contributed by atoms with E-state index in [-0.39, 0.29) is 5.91 Å². The van der Waals surface area contributed by atoms with Gasteiger partial charge in [-0.15, -0.1) is 10.2 Å². The van der Waals surface area contributed by atoms with Gasteiger partial charge in [-0.25, -0.2) is 0 Å². The minimum Gasteiger partial charge on any atom is -0.299 e. The van der Waals surface area contributed by atoms with Gasteiger partial charge in [-0.1, -0.05) is 18.3 Å². The molecule has 0 aliphatic rings. The van der Waals surface area contributed by atoms with Crippen LogP contribution in [0.15, 0.2) is 5.51 Å². The van der Waals surface area contributed by atoms with Crippen molar-refractivity contribution in [3.63, 3.8) is 0 Å². The van der Waals surface area contributed by atoms with Crippen LogP contribution in [0.2, 0.25) is 0 Å². The maximum absolute atomic E-state index is 11.3. The fourth-order valence-electron chi connectivity index (χ4n) is 0.755. The maximum atomic E-state index is 11.3. The molecule has 0 fully saturated rings. The summed E-state index contributed by atoms with van der Waals surface area (Å²) in [6.07, 6.45) is 0.501. The van der Waals surface area contributed by atoms with Gasteiger partial charge in [0.15, 0.2) is 0 Å². The Bertz CT molecular complexity index is 316. The predicted octanol–water partition coefficient (Wildman–Crippen LogP) is 1.03. The van der Waals surface area contributed by atoms with Gasteiger partial charge < -0.3 is 0 Å². The number of nitriles is 1. The van der Waals surface area contributed by atoms with Crippen molar-refractivity contribution in [2.24, 2.45) is 5.92 Å². The average Bonchev–Trinajstić information content (AvgIpc) is 2.59. The van der Waals surface area contributed by atoms with Crippen LogP contribution in [-0.4, -0.2) is 16.1 Å². The Kier molecular flexibility index (Phi) is 3.34. The standard InChI is InChI=1S/C7H8N4OS/c1-2-5(3-8)6(12)10-7-11-9-4-13-7/h4-5H,2H2,1H3,(H,10,11,12). The number of rotatable bonds is 3. The molecule has 1 unspecified atom stereocenters. The number of hydrogen-bond donors (Lipinski definition) is 1. The van der Waals surface area contributed by atoms with Gasteiger partial charge in [-0.05, 0) is 6.42 Å². The molecular formula is C7H8N4OS. The van der Waals surface area contributed by atoms with Gasteiger partial charge in [0.2, 0.25) is 11.0 Å². The van der Waals surface area contributed by atoms with Crippen molar-refractivity contribution in [2.75, 3.05) is 5.32 Å². The van der Waals surface area contributed by atoms with Gasteiger partial charge in [-0.3, -0.25) is 10.1 Å². The third-order valence-electron chi connectivity index (χ3n) is 1.47. The van der Waals surface area contributed by atoms with Crippen molar-refractivity contribution in [1.29, 1.82) is 5.26 Å². The molecule has 13 heavy (non-hydrogen) atoms. The van der Waals surface area contributed by atoms with Gasteiger partial charge in [0.05, 0.1) is 6.07 Å². The number of carbonyl (C=O) groups excluding carboxylic acids is 1. The molecule has 0 radical (unpaired) electrons. The molecule has 1 rings (SSSR count). The van der Waals surface area contributed by atoms with Crippen LogP contribution in [0, 0.1) is 17.2 Å². The molecule has 6 heteroatoms. The average molecular weight is 196 g/mol. The summed E-state index contributed by atoms with van der Waals surface area (Å²) in [5.74, 6) is -0.925. The molecule has 1 aromatic heterocycles. The number of nitrogens with zero attached hydrogens (tertiary/aromatic N) is 3.